The van der Waals surface area contributed by atoms with Crippen molar-refractivity contribution in [2.45, 2.75) is 63.1 Å². The molecular weight excluding hydrogens is 214 g/mol. The average Bonchev–Trinajstić information content (AvgIpc) is 2.74. The van der Waals surface area contributed by atoms with Gasteiger partial charge in [-0.1, -0.05) is 0 Å². The quantitative estimate of drug-likeness (QED) is 0.819. The molecule has 2 saturated heterocycles. The van der Waals surface area contributed by atoms with E-state index in [0.29, 0.717) is 6.10 Å². The lowest BCUT2D eigenvalue weighted by atomic mass is 9.88. The number of rotatable bonds is 4. The number of hydrogen-bond acceptors (Lipinski definition) is 3. The molecule has 2 aliphatic rings. The van der Waals surface area contributed by atoms with Crippen molar-refractivity contribution >= 4 is 0 Å². The number of aliphatic hydroxyl groups is 1. The molecule has 3 heteroatoms. The largest absolute Gasteiger partial charge is 0.390 e. The van der Waals surface area contributed by atoms with Gasteiger partial charge in [-0.15, -0.1) is 0 Å². The summed E-state index contributed by atoms with van der Waals surface area (Å²) < 4.78 is 5.63. The first-order valence-corrected chi connectivity index (χ1v) is 7.20. The maximum atomic E-state index is 10.6. The summed E-state index contributed by atoms with van der Waals surface area (Å²) in [5.41, 5.74) is -0.399. The summed E-state index contributed by atoms with van der Waals surface area (Å²) in [4.78, 5) is 2.33. The molecule has 3 nitrogen and oxygen atoms in total. The van der Waals surface area contributed by atoms with Crippen LogP contribution in [0.4, 0.5) is 0 Å². The van der Waals surface area contributed by atoms with Crippen molar-refractivity contribution in [2.75, 3.05) is 26.7 Å². The predicted octanol–water partition coefficient (Wildman–Crippen LogP) is 2.18. The Morgan fingerprint density at radius 3 is 2.94 bits per heavy atom. The monoisotopic (exact) mass is 241 g/mol. The van der Waals surface area contributed by atoms with E-state index >= 15 is 0 Å². The Labute approximate surface area is 105 Å². The fourth-order valence-corrected chi connectivity index (χ4v) is 3.09. The first-order chi connectivity index (χ1) is 8.18. The number of hydrogen-bond donors (Lipinski definition) is 1. The molecule has 2 rings (SSSR count). The fourth-order valence-electron chi connectivity index (χ4n) is 3.09. The van der Waals surface area contributed by atoms with Gasteiger partial charge >= 0.3 is 0 Å². The Morgan fingerprint density at radius 2 is 2.18 bits per heavy atom. The highest BCUT2D eigenvalue weighted by atomic mass is 16.5. The molecule has 17 heavy (non-hydrogen) atoms. The van der Waals surface area contributed by atoms with Gasteiger partial charge in [0.2, 0.25) is 0 Å². The zero-order chi connectivity index (χ0) is 12.1. The second kappa shape index (κ2) is 6.17. The molecule has 0 aromatic carbocycles. The highest BCUT2D eigenvalue weighted by molar-refractivity contribution is 4.83. The minimum absolute atomic E-state index is 0.399. The maximum absolute atomic E-state index is 10.6. The Hall–Kier alpha value is -0.120. The van der Waals surface area contributed by atoms with Crippen molar-refractivity contribution in [3.8, 4) is 0 Å². The molecular formula is C14H27NO2. The van der Waals surface area contributed by atoms with Gasteiger partial charge in [0.15, 0.2) is 0 Å². The summed E-state index contributed by atoms with van der Waals surface area (Å²) in [5.74, 6) is 0. The lowest BCUT2D eigenvalue weighted by Gasteiger charge is -2.27. The van der Waals surface area contributed by atoms with Crippen LogP contribution in [0, 0.1) is 0 Å². The van der Waals surface area contributed by atoms with Gasteiger partial charge in [-0.3, -0.25) is 0 Å². The Kier molecular flexibility index (Phi) is 4.83. The first kappa shape index (κ1) is 13.3. The molecule has 2 atom stereocenters. The summed E-state index contributed by atoms with van der Waals surface area (Å²) in [6.45, 7) is 3.12. The zero-order valence-corrected chi connectivity index (χ0v) is 11.2. The molecule has 0 amide bonds. The van der Waals surface area contributed by atoms with Crippen molar-refractivity contribution in [3.05, 3.63) is 0 Å². The number of likely N-dealkylation sites (tertiary alicyclic amines) is 1. The summed E-state index contributed by atoms with van der Waals surface area (Å²) in [7, 11) is 2.15. The molecule has 2 heterocycles. The maximum Gasteiger partial charge on any atom is 0.0660 e. The van der Waals surface area contributed by atoms with Crippen LogP contribution in [0.15, 0.2) is 0 Å². The highest BCUT2D eigenvalue weighted by Crippen LogP contribution is 2.28. The molecule has 0 aromatic heterocycles. The third-order valence-electron chi connectivity index (χ3n) is 4.33. The Bertz CT molecular complexity index is 228. The lowest BCUT2D eigenvalue weighted by Crippen LogP contribution is -2.30. The van der Waals surface area contributed by atoms with Crippen LogP contribution in [0.25, 0.3) is 0 Å². The van der Waals surface area contributed by atoms with E-state index in [1.165, 1.54) is 12.8 Å². The van der Waals surface area contributed by atoms with Crippen molar-refractivity contribution in [3.63, 3.8) is 0 Å². The summed E-state index contributed by atoms with van der Waals surface area (Å²) in [5, 5.41) is 10.6. The van der Waals surface area contributed by atoms with E-state index in [2.05, 4.69) is 11.9 Å². The normalized spacial score (nSPS) is 36.0. The topological polar surface area (TPSA) is 32.7 Å². The van der Waals surface area contributed by atoms with Gasteiger partial charge in [0.25, 0.3) is 0 Å². The van der Waals surface area contributed by atoms with Gasteiger partial charge in [0, 0.05) is 13.2 Å². The second-order valence-electron chi connectivity index (χ2n) is 5.91. The van der Waals surface area contributed by atoms with Crippen molar-refractivity contribution in [1.29, 1.82) is 0 Å². The summed E-state index contributed by atoms with van der Waals surface area (Å²) >= 11 is 0. The van der Waals surface area contributed by atoms with E-state index < -0.39 is 5.60 Å². The second-order valence-corrected chi connectivity index (χ2v) is 5.91. The molecule has 2 fully saturated rings. The average molecular weight is 241 g/mol. The molecule has 0 bridgehead atoms. The number of ether oxygens (including phenoxy) is 1. The first-order valence-electron chi connectivity index (χ1n) is 7.20. The molecule has 2 unspecified atom stereocenters. The van der Waals surface area contributed by atoms with Crippen molar-refractivity contribution < 1.29 is 9.84 Å². The zero-order valence-electron chi connectivity index (χ0n) is 11.2. The van der Waals surface area contributed by atoms with Crippen LogP contribution in [0.2, 0.25) is 0 Å². The van der Waals surface area contributed by atoms with E-state index in [4.69, 9.17) is 4.74 Å². The van der Waals surface area contributed by atoms with Crippen molar-refractivity contribution in [1.82, 2.24) is 4.90 Å². The standard InChI is InChI=1S/C14H27NO2/c1-15-10-4-8-14(16,9-11-15)7-2-5-13-6-3-12-17-13/h13,16H,2-12H2,1H3. The van der Waals surface area contributed by atoms with E-state index in [9.17, 15) is 5.11 Å². The minimum atomic E-state index is -0.399. The third kappa shape index (κ3) is 4.23. The van der Waals surface area contributed by atoms with Crippen LogP contribution < -0.4 is 0 Å². The van der Waals surface area contributed by atoms with Gasteiger partial charge in [-0.25, -0.2) is 0 Å². The Balaban J connectivity index is 1.68. The van der Waals surface area contributed by atoms with Crippen LogP contribution in [-0.4, -0.2) is 48.5 Å². The third-order valence-corrected chi connectivity index (χ3v) is 4.33. The Morgan fingerprint density at radius 1 is 1.29 bits per heavy atom. The lowest BCUT2D eigenvalue weighted by molar-refractivity contribution is 0.0105. The molecule has 1 N–H and O–H groups in total. The molecule has 0 spiro atoms. The number of nitrogens with zero attached hydrogens (tertiary/aromatic N) is 1. The molecule has 0 aromatic rings. The van der Waals surface area contributed by atoms with Gasteiger partial charge in [0.05, 0.1) is 11.7 Å². The molecule has 100 valence electrons. The summed E-state index contributed by atoms with van der Waals surface area (Å²) in [6, 6.07) is 0. The van der Waals surface area contributed by atoms with Crippen LogP contribution >= 0.6 is 0 Å². The van der Waals surface area contributed by atoms with E-state index in [1.807, 2.05) is 0 Å². The van der Waals surface area contributed by atoms with E-state index in [-0.39, 0.29) is 0 Å². The summed E-state index contributed by atoms with van der Waals surface area (Å²) in [6.07, 6.45) is 9.18. The van der Waals surface area contributed by atoms with Crippen LogP contribution in [-0.2, 0) is 4.74 Å². The molecule has 0 saturated carbocycles. The van der Waals surface area contributed by atoms with Gasteiger partial charge in [-0.05, 0) is 65.0 Å². The molecule has 0 aliphatic carbocycles. The fraction of sp³-hybridized carbons (Fsp3) is 1.00. The van der Waals surface area contributed by atoms with Crippen molar-refractivity contribution in [2.24, 2.45) is 0 Å². The SMILES string of the molecule is CN1CCCC(O)(CCCC2CCCO2)CC1. The molecule has 2 aliphatic heterocycles. The van der Waals surface area contributed by atoms with Gasteiger partial charge in [0.1, 0.15) is 0 Å². The predicted molar refractivity (Wildman–Crippen MR) is 69.1 cm³/mol. The smallest absolute Gasteiger partial charge is 0.0660 e. The van der Waals surface area contributed by atoms with E-state index in [1.54, 1.807) is 0 Å². The van der Waals surface area contributed by atoms with Gasteiger partial charge < -0.3 is 14.7 Å². The highest BCUT2D eigenvalue weighted by Gasteiger charge is 2.29. The molecule has 0 radical (unpaired) electrons. The van der Waals surface area contributed by atoms with Gasteiger partial charge in [-0.2, -0.15) is 0 Å². The van der Waals surface area contributed by atoms with Crippen LogP contribution in [0.3, 0.4) is 0 Å². The van der Waals surface area contributed by atoms with Crippen LogP contribution in [0.5, 0.6) is 0 Å². The van der Waals surface area contributed by atoms with E-state index in [0.717, 1.165) is 58.2 Å². The van der Waals surface area contributed by atoms with Crippen LogP contribution in [0.1, 0.15) is 51.4 Å². The minimum Gasteiger partial charge on any atom is -0.390 e.